The van der Waals surface area contributed by atoms with Crippen LogP contribution < -0.4 is 10.2 Å². The van der Waals surface area contributed by atoms with Gasteiger partial charge in [0.2, 0.25) is 11.8 Å². The zero-order chi connectivity index (χ0) is 18.7. The third kappa shape index (κ3) is 4.13. The molecule has 0 radical (unpaired) electrons. The Labute approximate surface area is 155 Å². The van der Waals surface area contributed by atoms with Crippen molar-refractivity contribution in [2.24, 2.45) is 0 Å². The van der Waals surface area contributed by atoms with Gasteiger partial charge >= 0.3 is 0 Å². The summed E-state index contributed by atoms with van der Waals surface area (Å²) in [6.07, 6.45) is 1.90. The van der Waals surface area contributed by atoms with Gasteiger partial charge in [-0.1, -0.05) is 35.9 Å². The zero-order valence-electron chi connectivity index (χ0n) is 15.7. The Kier molecular flexibility index (Phi) is 5.40. The number of nitrogens with one attached hydrogen (secondary N) is 1. The van der Waals surface area contributed by atoms with Crippen molar-refractivity contribution in [3.8, 4) is 0 Å². The fourth-order valence-corrected chi connectivity index (χ4v) is 3.42. The molecule has 1 N–H and O–H groups in total. The number of amides is 2. The van der Waals surface area contributed by atoms with E-state index >= 15 is 0 Å². The maximum Gasteiger partial charge on any atom is 0.227 e. The summed E-state index contributed by atoms with van der Waals surface area (Å²) >= 11 is 0. The van der Waals surface area contributed by atoms with E-state index in [1.54, 1.807) is 0 Å². The van der Waals surface area contributed by atoms with Crippen molar-refractivity contribution < 1.29 is 9.59 Å². The van der Waals surface area contributed by atoms with Crippen LogP contribution in [-0.4, -0.2) is 18.4 Å². The molecule has 1 atom stereocenters. The topological polar surface area (TPSA) is 49.4 Å². The number of nitrogens with zero attached hydrogens (tertiary/aromatic N) is 1. The molecule has 1 heterocycles. The predicted octanol–water partition coefficient (Wildman–Crippen LogP) is 3.85. The summed E-state index contributed by atoms with van der Waals surface area (Å²) in [6.45, 7) is 6.82. The van der Waals surface area contributed by atoms with E-state index < -0.39 is 0 Å². The van der Waals surface area contributed by atoms with Gasteiger partial charge in [-0.05, 0) is 56.0 Å². The third-order valence-electron chi connectivity index (χ3n) is 4.99. The van der Waals surface area contributed by atoms with Crippen molar-refractivity contribution in [3.05, 3.63) is 64.7 Å². The molecule has 1 fully saturated rings. The van der Waals surface area contributed by atoms with E-state index in [1.807, 2.05) is 49.9 Å². The van der Waals surface area contributed by atoms with Gasteiger partial charge in [0.05, 0.1) is 12.5 Å². The van der Waals surface area contributed by atoms with E-state index in [9.17, 15) is 9.59 Å². The molecule has 2 aromatic carbocycles. The lowest BCUT2D eigenvalue weighted by Gasteiger charge is -2.20. The minimum Gasteiger partial charge on any atom is -0.349 e. The molecule has 4 nitrogen and oxygen atoms in total. The van der Waals surface area contributed by atoms with Crippen LogP contribution in [0.4, 0.5) is 5.69 Å². The zero-order valence-corrected chi connectivity index (χ0v) is 15.7. The van der Waals surface area contributed by atoms with Crippen LogP contribution in [0.5, 0.6) is 0 Å². The molecule has 2 aromatic rings. The van der Waals surface area contributed by atoms with E-state index in [4.69, 9.17) is 0 Å². The maximum atomic E-state index is 12.5. The first-order valence-electron chi connectivity index (χ1n) is 9.20. The molecule has 1 saturated heterocycles. The Morgan fingerprint density at radius 2 is 2.00 bits per heavy atom. The molecule has 1 aliphatic heterocycles. The summed E-state index contributed by atoms with van der Waals surface area (Å²) in [5.74, 6) is 0.183. The smallest absolute Gasteiger partial charge is 0.227 e. The van der Waals surface area contributed by atoms with Gasteiger partial charge < -0.3 is 10.2 Å². The number of carbonyl (C=O) groups excluding carboxylic acids is 2. The summed E-state index contributed by atoms with van der Waals surface area (Å²) in [6, 6.07) is 14.0. The van der Waals surface area contributed by atoms with Crippen LogP contribution in [-0.2, 0) is 16.0 Å². The molecule has 0 aromatic heterocycles. The Morgan fingerprint density at radius 3 is 2.73 bits per heavy atom. The van der Waals surface area contributed by atoms with Gasteiger partial charge in [0, 0.05) is 18.7 Å². The molecule has 0 saturated carbocycles. The fourth-order valence-electron chi connectivity index (χ4n) is 3.42. The fraction of sp³-hybridized carbons (Fsp3) is 0.364. The third-order valence-corrected chi connectivity index (χ3v) is 4.99. The first kappa shape index (κ1) is 18.2. The SMILES string of the molecule is Cc1ccc(C)c(CC(=O)NC(C)c2cccc(N3CCCC3=O)c2)c1. The molecule has 3 rings (SSSR count). The van der Waals surface area contributed by atoms with E-state index in [-0.39, 0.29) is 17.9 Å². The number of hydrogen-bond acceptors (Lipinski definition) is 2. The highest BCUT2D eigenvalue weighted by Gasteiger charge is 2.22. The molecule has 4 heteroatoms. The number of benzene rings is 2. The van der Waals surface area contributed by atoms with Crippen LogP contribution in [0.1, 0.15) is 48.1 Å². The molecule has 0 bridgehead atoms. The van der Waals surface area contributed by atoms with Crippen molar-refractivity contribution in [2.45, 2.75) is 46.1 Å². The highest BCUT2D eigenvalue weighted by molar-refractivity contribution is 5.95. The molecule has 26 heavy (non-hydrogen) atoms. The van der Waals surface area contributed by atoms with Crippen molar-refractivity contribution in [1.82, 2.24) is 5.32 Å². The average Bonchev–Trinajstić information content (AvgIpc) is 3.04. The highest BCUT2D eigenvalue weighted by atomic mass is 16.2. The van der Waals surface area contributed by atoms with Crippen LogP contribution in [0.25, 0.3) is 0 Å². The van der Waals surface area contributed by atoms with E-state index in [0.717, 1.165) is 40.9 Å². The van der Waals surface area contributed by atoms with Crippen molar-refractivity contribution in [3.63, 3.8) is 0 Å². The summed E-state index contributed by atoms with van der Waals surface area (Å²) in [5, 5.41) is 3.08. The second-order valence-corrected chi connectivity index (χ2v) is 7.14. The van der Waals surface area contributed by atoms with Crippen molar-refractivity contribution >= 4 is 17.5 Å². The Bertz CT molecular complexity index is 829. The molecule has 1 aliphatic rings. The normalized spacial score (nSPS) is 15.2. The van der Waals surface area contributed by atoms with Crippen LogP contribution in [0.15, 0.2) is 42.5 Å². The largest absolute Gasteiger partial charge is 0.349 e. The summed E-state index contributed by atoms with van der Waals surface area (Å²) in [4.78, 5) is 26.3. The lowest BCUT2D eigenvalue weighted by Crippen LogP contribution is -2.29. The molecular weight excluding hydrogens is 324 g/mol. The van der Waals surface area contributed by atoms with Gasteiger partial charge in [-0.15, -0.1) is 0 Å². The van der Waals surface area contributed by atoms with E-state index in [0.29, 0.717) is 12.8 Å². The van der Waals surface area contributed by atoms with Gasteiger partial charge in [0.15, 0.2) is 0 Å². The van der Waals surface area contributed by atoms with Gasteiger partial charge in [-0.3, -0.25) is 9.59 Å². The number of carbonyl (C=O) groups is 2. The molecule has 2 amide bonds. The van der Waals surface area contributed by atoms with Gasteiger partial charge in [0.25, 0.3) is 0 Å². The summed E-state index contributed by atoms with van der Waals surface area (Å²) < 4.78 is 0. The number of aryl methyl sites for hydroxylation is 2. The Hall–Kier alpha value is -2.62. The predicted molar refractivity (Wildman–Crippen MR) is 104 cm³/mol. The van der Waals surface area contributed by atoms with Gasteiger partial charge in [0.1, 0.15) is 0 Å². The number of anilines is 1. The van der Waals surface area contributed by atoms with Crippen LogP contribution in [0, 0.1) is 13.8 Å². The standard InChI is InChI=1S/C22H26N2O2/c1-15-9-10-16(2)19(12-15)14-21(25)23-17(3)18-6-4-7-20(13-18)24-11-5-8-22(24)26/h4,6-7,9-10,12-13,17H,5,8,11,14H2,1-3H3,(H,23,25). The minimum atomic E-state index is -0.106. The second-order valence-electron chi connectivity index (χ2n) is 7.14. The average molecular weight is 350 g/mol. The quantitative estimate of drug-likeness (QED) is 0.890. The minimum absolute atomic E-state index is 0.00820. The first-order chi connectivity index (χ1) is 12.4. The lowest BCUT2D eigenvalue weighted by molar-refractivity contribution is -0.121. The van der Waals surface area contributed by atoms with Crippen molar-refractivity contribution in [2.75, 3.05) is 11.4 Å². The van der Waals surface area contributed by atoms with E-state index in [1.165, 1.54) is 0 Å². The second kappa shape index (κ2) is 7.73. The monoisotopic (exact) mass is 350 g/mol. The van der Waals surface area contributed by atoms with Gasteiger partial charge in [-0.25, -0.2) is 0 Å². The van der Waals surface area contributed by atoms with Crippen LogP contribution in [0.2, 0.25) is 0 Å². The highest BCUT2D eigenvalue weighted by Crippen LogP contribution is 2.25. The maximum absolute atomic E-state index is 12.5. The lowest BCUT2D eigenvalue weighted by atomic mass is 10.0. The summed E-state index contributed by atoms with van der Waals surface area (Å²) in [7, 11) is 0. The number of hydrogen-bond donors (Lipinski definition) is 1. The summed E-state index contributed by atoms with van der Waals surface area (Å²) in [5.41, 5.74) is 5.28. The van der Waals surface area contributed by atoms with Crippen LogP contribution >= 0.6 is 0 Å². The molecule has 0 aliphatic carbocycles. The Morgan fingerprint density at radius 1 is 1.19 bits per heavy atom. The Balaban J connectivity index is 1.67. The van der Waals surface area contributed by atoms with Crippen LogP contribution in [0.3, 0.4) is 0 Å². The van der Waals surface area contributed by atoms with Crippen molar-refractivity contribution in [1.29, 1.82) is 0 Å². The molecule has 1 unspecified atom stereocenters. The number of rotatable bonds is 5. The molecule has 136 valence electrons. The first-order valence-corrected chi connectivity index (χ1v) is 9.20. The molecular formula is C22H26N2O2. The van der Waals surface area contributed by atoms with Gasteiger partial charge in [-0.2, -0.15) is 0 Å². The van der Waals surface area contributed by atoms with E-state index in [2.05, 4.69) is 23.5 Å². The molecule has 0 spiro atoms.